The van der Waals surface area contributed by atoms with Crippen LogP contribution in [0.3, 0.4) is 0 Å². The number of nitrogens with two attached hydrogens (primary N) is 1. The monoisotopic (exact) mass is 290 g/mol. The van der Waals surface area contributed by atoms with Crippen LogP contribution in [0.2, 0.25) is 5.28 Å². The van der Waals surface area contributed by atoms with E-state index in [0.717, 1.165) is 5.39 Å². The van der Waals surface area contributed by atoms with Gasteiger partial charge in [-0.2, -0.15) is 4.98 Å². The van der Waals surface area contributed by atoms with Gasteiger partial charge in [-0.3, -0.25) is 0 Å². The Kier molecular flexibility index (Phi) is 2.89. The lowest BCUT2D eigenvalue weighted by Crippen LogP contribution is -2.23. The standard InChI is InChI=1S/C14H15ClN4O/c1-3-14(2)7-8(6-10(14)20)19-5-4-9-11(16)17-13(15)18-12(9)19/h1,4-5,8,10,20H,6-7H2,2H3,(H2,16,17,18)/t8-,10-,14+/m0/s1. The van der Waals surface area contributed by atoms with E-state index in [1.165, 1.54) is 0 Å². The third-order valence-corrected chi connectivity index (χ3v) is 4.36. The summed E-state index contributed by atoms with van der Waals surface area (Å²) in [6.45, 7) is 1.90. The lowest BCUT2D eigenvalue weighted by molar-refractivity contribution is 0.104. The number of rotatable bonds is 1. The average molecular weight is 291 g/mol. The Morgan fingerprint density at radius 3 is 3.00 bits per heavy atom. The fraction of sp³-hybridized carbons (Fsp3) is 0.429. The topological polar surface area (TPSA) is 77.0 Å². The van der Waals surface area contributed by atoms with Gasteiger partial charge in [0.25, 0.3) is 0 Å². The Labute approximate surface area is 121 Å². The van der Waals surface area contributed by atoms with E-state index in [0.29, 0.717) is 24.3 Å². The van der Waals surface area contributed by atoms with Crippen molar-refractivity contribution in [2.75, 3.05) is 5.73 Å². The third kappa shape index (κ3) is 1.84. The number of aromatic nitrogens is 3. The van der Waals surface area contributed by atoms with Crippen molar-refractivity contribution in [1.29, 1.82) is 0 Å². The third-order valence-electron chi connectivity index (χ3n) is 4.19. The molecule has 1 saturated carbocycles. The highest BCUT2D eigenvalue weighted by Gasteiger charge is 2.42. The molecule has 0 radical (unpaired) electrons. The van der Waals surface area contributed by atoms with Crippen LogP contribution >= 0.6 is 11.6 Å². The molecule has 2 aromatic rings. The largest absolute Gasteiger partial charge is 0.391 e. The molecule has 0 aliphatic heterocycles. The maximum absolute atomic E-state index is 10.2. The van der Waals surface area contributed by atoms with Crippen molar-refractivity contribution < 1.29 is 5.11 Å². The first-order valence-corrected chi connectivity index (χ1v) is 6.78. The van der Waals surface area contributed by atoms with Crippen molar-refractivity contribution in [3.63, 3.8) is 0 Å². The molecular formula is C14H15ClN4O. The number of aliphatic hydroxyl groups excluding tert-OH is 1. The molecule has 1 fully saturated rings. The molecule has 3 N–H and O–H groups in total. The number of aliphatic hydroxyl groups is 1. The number of nitrogens with zero attached hydrogens (tertiary/aromatic N) is 3. The maximum Gasteiger partial charge on any atom is 0.226 e. The molecule has 20 heavy (non-hydrogen) atoms. The van der Waals surface area contributed by atoms with Crippen LogP contribution < -0.4 is 5.73 Å². The molecule has 3 rings (SSSR count). The minimum Gasteiger partial charge on any atom is -0.391 e. The van der Waals surface area contributed by atoms with Gasteiger partial charge >= 0.3 is 0 Å². The molecule has 6 heteroatoms. The molecule has 3 atom stereocenters. The molecule has 2 aromatic heterocycles. The highest BCUT2D eigenvalue weighted by molar-refractivity contribution is 6.28. The van der Waals surface area contributed by atoms with E-state index in [-0.39, 0.29) is 11.3 Å². The molecule has 0 bridgehead atoms. The fourth-order valence-electron chi connectivity index (χ4n) is 2.92. The summed E-state index contributed by atoms with van der Waals surface area (Å²) in [6.07, 6.45) is 8.20. The summed E-state index contributed by atoms with van der Waals surface area (Å²) in [5, 5.41) is 11.0. The minimum absolute atomic E-state index is 0.0777. The lowest BCUT2D eigenvalue weighted by atomic mass is 9.88. The van der Waals surface area contributed by atoms with Crippen LogP contribution in [0.1, 0.15) is 25.8 Å². The zero-order valence-electron chi connectivity index (χ0n) is 11.0. The van der Waals surface area contributed by atoms with Crippen molar-refractivity contribution in [2.45, 2.75) is 31.9 Å². The normalized spacial score (nSPS) is 29.7. The SMILES string of the molecule is C#C[C@]1(C)C[C@@H](n2ccc3c(N)nc(Cl)nc32)C[C@@H]1O. The molecule has 2 heterocycles. The zero-order chi connectivity index (χ0) is 14.5. The molecule has 0 aromatic carbocycles. The van der Waals surface area contributed by atoms with Gasteiger partial charge in [0.1, 0.15) is 11.5 Å². The lowest BCUT2D eigenvalue weighted by Gasteiger charge is -2.20. The maximum atomic E-state index is 10.2. The first kappa shape index (κ1) is 13.2. The zero-order valence-corrected chi connectivity index (χ0v) is 11.8. The summed E-state index contributed by atoms with van der Waals surface area (Å²) in [6, 6.07) is 1.94. The van der Waals surface area contributed by atoms with Gasteiger partial charge in [0, 0.05) is 12.2 Å². The number of halogens is 1. The van der Waals surface area contributed by atoms with Crippen LogP contribution in [0.15, 0.2) is 12.3 Å². The molecule has 0 amide bonds. The van der Waals surface area contributed by atoms with Crippen LogP contribution in [-0.4, -0.2) is 25.7 Å². The molecular weight excluding hydrogens is 276 g/mol. The fourth-order valence-corrected chi connectivity index (χ4v) is 3.09. The summed E-state index contributed by atoms with van der Waals surface area (Å²) in [5.74, 6) is 3.06. The van der Waals surface area contributed by atoms with Crippen LogP contribution in [0.25, 0.3) is 11.0 Å². The predicted molar refractivity (Wildman–Crippen MR) is 78.2 cm³/mol. The minimum atomic E-state index is -0.524. The smallest absolute Gasteiger partial charge is 0.226 e. The Balaban J connectivity index is 2.07. The van der Waals surface area contributed by atoms with Crippen molar-refractivity contribution in [3.05, 3.63) is 17.5 Å². The van der Waals surface area contributed by atoms with Gasteiger partial charge in [-0.25, -0.2) is 4.98 Å². The molecule has 1 aliphatic rings. The van der Waals surface area contributed by atoms with E-state index >= 15 is 0 Å². The van der Waals surface area contributed by atoms with Gasteiger partial charge < -0.3 is 15.4 Å². The van der Waals surface area contributed by atoms with Crippen molar-refractivity contribution >= 4 is 28.5 Å². The van der Waals surface area contributed by atoms with Crippen molar-refractivity contribution in [2.24, 2.45) is 5.41 Å². The number of hydrogen-bond donors (Lipinski definition) is 2. The summed E-state index contributed by atoms with van der Waals surface area (Å²) < 4.78 is 1.98. The molecule has 1 aliphatic carbocycles. The van der Waals surface area contributed by atoms with Crippen LogP contribution in [-0.2, 0) is 0 Å². The highest BCUT2D eigenvalue weighted by Crippen LogP contribution is 2.44. The van der Waals surface area contributed by atoms with Crippen LogP contribution in [0.4, 0.5) is 5.82 Å². The molecule has 0 unspecified atom stereocenters. The van der Waals surface area contributed by atoms with E-state index in [9.17, 15) is 5.11 Å². The summed E-state index contributed by atoms with van der Waals surface area (Å²) in [4.78, 5) is 8.18. The van der Waals surface area contributed by atoms with Crippen LogP contribution in [0, 0.1) is 17.8 Å². The van der Waals surface area contributed by atoms with E-state index in [1.54, 1.807) is 0 Å². The summed E-state index contributed by atoms with van der Waals surface area (Å²) in [5.41, 5.74) is 6.02. The van der Waals surface area contributed by atoms with E-state index in [4.69, 9.17) is 23.8 Å². The quantitative estimate of drug-likeness (QED) is 0.622. The Hall–Kier alpha value is -1.77. The van der Waals surface area contributed by atoms with Gasteiger partial charge in [0.15, 0.2) is 0 Å². The van der Waals surface area contributed by atoms with Gasteiger partial charge in [0.2, 0.25) is 5.28 Å². The second-order valence-electron chi connectivity index (χ2n) is 5.51. The van der Waals surface area contributed by atoms with Crippen molar-refractivity contribution in [3.8, 4) is 12.3 Å². The van der Waals surface area contributed by atoms with E-state index in [2.05, 4.69) is 15.9 Å². The second kappa shape index (κ2) is 4.37. The number of hydrogen-bond acceptors (Lipinski definition) is 4. The molecule has 0 saturated heterocycles. The van der Waals surface area contributed by atoms with E-state index in [1.807, 2.05) is 23.8 Å². The molecule has 104 valence electrons. The first-order valence-electron chi connectivity index (χ1n) is 6.40. The number of anilines is 1. The Morgan fingerprint density at radius 2 is 2.35 bits per heavy atom. The molecule has 0 spiro atoms. The highest BCUT2D eigenvalue weighted by atomic mass is 35.5. The second-order valence-corrected chi connectivity index (χ2v) is 5.85. The number of nitrogen functional groups attached to an aromatic ring is 1. The number of fused-ring (bicyclic) bond motifs is 1. The van der Waals surface area contributed by atoms with Gasteiger partial charge in [0.05, 0.1) is 16.9 Å². The van der Waals surface area contributed by atoms with Crippen LogP contribution in [0.5, 0.6) is 0 Å². The molecule has 5 nitrogen and oxygen atoms in total. The Morgan fingerprint density at radius 1 is 1.60 bits per heavy atom. The predicted octanol–water partition coefficient (Wildman–Crippen LogP) is 2.00. The average Bonchev–Trinajstić information content (AvgIpc) is 2.92. The Bertz CT molecular complexity index is 720. The first-order chi connectivity index (χ1) is 9.44. The van der Waals surface area contributed by atoms with Gasteiger partial charge in [-0.1, -0.05) is 5.92 Å². The number of terminal acetylenes is 1. The summed E-state index contributed by atoms with van der Waals surface area (Å²) in [7, 11) is 0. The van der Waals surface area contributed by atoms with Gasteiger partial charge in [-0.15, -0.1) is 6.42 Å². The summed E-state index contributed by atoms with van der Waals surface area (Å²) >= 11 is 5.87. The van der Waals surface area contributed by atoms with Gasteiger partial charge in [-0.05, 0) is 37.4 Å². The van der Waals surface area contributed by atoms with E-state index < -0.39 is 11.5 Å². The van der Waals surface area contributed by atoms with Crippen molar-refractivity contribution in [1.82, 2.24) is 14.5 Å².